The van der Waals surface area contributed by atoms with Gasteiger partial charge in [-0.1, -0.05) is 24.3 Å². The van der Waals surface area contributed by atoms with Gasteiger partial charge in [-0.15, -0.1) is 0 Å². The van der Waals surface area contributed by atoms with E-state index in [1.54, 1.807) is 13.3 Å². The maximum absolute atomic E-state index is 16.6. The molecule has 0 saturated carbocycles. The Labute approximate surface area is 243 Å². The number of benzene rings is 2. The van der Waals surface area contributed by atoms with Gasteiger partial charge in [0, 0.05) is 49.9 Å². The molecule has 2 unspecified atom stereocenters. The normalized spacial score (nSPS) is 27.2. The van der Waals surface area contributed by atoms with Crippen molar-refractivity contribution in [2.75, 3.05) is 44.8 Å². The molecule has 0 aliphatic carbocycles. The molecular weight excluding hydrogens is 538 g/mol. The molecular formula is C32H34F2N6O2. The maximum atomic E-state index is 16.6. The first-order valence-corrected chi connectivity index (χ1v) is 15.0. The van der Waals surface area contributed by atoms with Crippen molar-refractivity contribution in [2.24, 2.45) is 0 Å². The number of hydrogen-bond donors (Lipinski definition) is 1. The van der Waals surface area contributed by atoms with E-state index >= 15 is 4.39 Å². The lowest BCUT2D eigenvalue weighted by Crippen LogP contribution is -2.51. The van der Waals surface area contributed by atoms with E-state index in [4.69, 9.17) is 14.5 Å². The Kier molecular flexibility index (Phi) is 6.19. The lowest BCUT2D eigenvalue weighted by Gasteiger charge is -2.34. The largest absolute Gasteiger partial charge is 0.497 e. The molecule has 2 aromatic carbocycles. The zero-order valence-corrected chi connectivity index (χ0v) is 23.7. The number of methoxy groups -OCH3 is 1. The van der Waals surface area contributed by atoms with E-state index in [2.05, 4.69) is 25.1 Å². The van der Waals surface area contributed by atoms with Crippen molar-refractivity contribution in [3.63, 3.8) is 0 Å². The summed E-state index contributed by atoms with van der Waals surface area (Å²) in [6, 6.07) is 12.3. The summed E-state index contributed by atoms with van der Waals surface area (Å²) in [5.41, 5.74) is 0.744. The van der Waals surface area contributed by atoms with Crippen LogP contribution in [0.2, 0.25) is 0 Å². The number of pyridine rings is 1. The van der Waals surface area contributed by atoms with Crippen molar-refractivity contribution in [2.45, 2.75) is 55.9 Å². The van der Waals surface area contributed by atoms with Gasteiger partial charge in [-0.25, -0.2) is 8.78 Å². The quantitative estimate of drug-likeness (QED) is 0.350. The Morgan fingerprint density at radius 2 is 1.93 bits per heavy atom. The smallest absolute Gasteiger partial charge is 0.319 e. The Hall–Kier alpha value is -3.63. The number of aromatic nitrogens is 3. The third kappa shape index (κ3) is 4.26. The number of fused-ring (bicyclic) bond motifs is 5. The first-order valence-electron chi connectivity index (χ1n) is 15.0. The summed E-state index contributed by atoms with van der Waals surface area (Å²) in [7, 11) is 1.63. The minimum atomic E-state index is -0.856. The van der Waals surface area contributed by atoms with Crippen molar-refractivity contribution in [3.8, 4) is 23.0 Å². The zero-order valence-electron chi connectivity index (χ0n) is 23.7. The van der Waals surface area contributed by atoms with Crippen LogP contribution in [0.4, 0.5) is 14.6 Å². The lowest BCUT2D eigenvalue weighted by atomic mass is 9.95. The topological polar surface area (TPSA) is 75.6 Å². The molecule has 4 aliphatic rings. The molecule has 2 bridgehead atoms. The van der Waals surface area contributed by atoms with E-state index in [1.807, 2.05) is 36.4 Å². The second-order valence-electron chi connectivity index (χ2n) is 12.3. The summed E-state index contributed by atoms with van der Waals surface area (Å²) in [4.78, 5) is 18.6. The van der Waals surface area contributed by atoms with Gasteiger partial charge in [0.05, 0.1) is 18.0 Å². The fourth-order valence-corrected chi connectivity index (χ4v) is 7.73. The molecule has 0 radical (unpaired) electrons. The van der Waals surface area contributed by atoms with Gasteiger partial charge in [-0.05, 0) is 55.1 Å². The van der Waals surface area contributed by atoms with Gasteiger partial charge < -0.3 is 19.7 Å². The second kappa shape index (κ2) is 9.98. The third-order valence-corrected chi connectivity index (χ3v) is 9.73. The minimum Gasteiger partial charge on any atom is -0.497 e. The van der Waals surface area contributed by atoms with Gasteiger partial charge in [0.25, 0.3) is 0 Å². The highest BCUT2D eigenvalue weighted by Crippen LogP contribution is 2.41. The van der Waals surface area contributed by atoms with E-state index < -0.39 is 12.0 Å². The predicted molar refractivity (Wildman–Crippen MR) is 157 cm³/mol. The summed E-state index contributed by atoms with van der Waals surface area (Å²) >= 11 is 0. The van der Waals surface area contributed by atoms with E-state index in [0.29, 0.717) is 41.8 Å². The van der Waals surface area contributed by atoms with E-state index in [1.165, 1.54) is 0 Å². The Balaban J connectivity index is 1.23. The summed E-state index contributed by atoms with van der Waals surface area (Å²) in [5.74, 6) is 0.870. The maximum Gasteiger partial charge on any atom is 0.319 e. The molecule has 2 aromatic heterocycles. The van der Waals surface area contributed by atoms with Crippen LogP contribution >= 0.6 is 0 Å². The highest BCUT2D eigenvalue weighted by molar-refractivity contribution is 5.99. The highest BCUT2D eigenvalue weighted by Gasteiger charge is 2.49. The molecule has 218 valence electrons. The van der Waals surface area contributed by atoms with Crippen LogP contribution in [0.3, 0.4) is 0 Å². The van der Waals surface area contributed by atoms with E-state index in [-0.39, 0.29) is 29.4 Å². The Morgan fingerprint density at radius 3 is 2.76 bits per heavy atom. The molecule has 4 aliphatic heterocycles. The van der Waals surface area contributed by atoms with Gasteiger partial charge in [0.1, 0.15) is 35.6 Å². The lowest BCUT2D eigenvalue weighted by molar-refractivity contribution is 0.107. The van der Waals surface area contributed by atoms with Crippen LogP contribution in [0.15, 0.2) is 42.6 Å². The second-order valence-corrected chi connectivity index (χ2v) is 12.3. The fraction of sp³-hybridized carbons (Fsp3) is 0.469. The standard InChI is InChI=1S/C32H34F2N6O2/c1-41-23-8-9-24-19(12-23)4-2-5-25(24)28-27(34)29-26(14-35-28)30(39-16-21-6-7-22(17-39)36-21)38-31(37-29)42-18-32-10-3-11-40(32)15-20(33)13-32/h2,4-5,8-9,12,14,20-22,36H,3,6-7,10-11,13,15-18H2,1H3/t20-,21?,22?,32+/m1/s1. The number of anilines is 1. The first kappa shape index (κ1) is 26.0. The zero-order chi connectivity index (χ0) is 28.4. The number of nitrogens with zero attached hydrogens (tertiary/aromatic N) is 5. The summed E-state index contributed by atoms with van der Waals surface area (Å²) in [5, 5.41) is 6.02. The van der Waals surface area contributed by atoms with Gasteiger partial charge in [-0.3, -0.25) is 9.88 Å². The van der Waals surface area contributed by atoms with E-state index in [0.717, 1.165) is 61.8 Å². The van der Waals surface area contributed by atoms with Crippen LogP contribution in [0, 0.1) is 5.82 Å². The molecule has 8 rings (SSSR count). The number of piperazine rings is 1. The monoisotopic (exact) mass is 572 g/mol. The first-order chi connectivity index (χ1) is 20.5. The van der Waals surface area contributed by atoms with Crippen LogP contribution in [-0.4, -0.2) is 83.5 Å². The molecule has 1 N–H and O–H groups in total. The SMILES string of the molecule is COc1ccc2c(-c3ncc4c(N5CC6CCC(C5)N6)nc(OC[C@@]56CCCN5C[C@H](F)C6)nc4c3F)cccc2c1. The summed E-state index contributed by atoms with van der Waals surface area (Å²) in [6.07, 6.45) is 5.40. The van der Waals surface area contributed by atoms with Gasteiger partial charge in [-0.2, -0.15) is 9.97 Å². The molecule has 0 amide bonds. The van der Waals surface area contributed by atoms with Crippen molar-refractivity contribution in [1.29, 1.82) is 0 Å². The number of halogens is 2. The number of hydrogen-bond acceptors (Lipinski definition) is 8. The molecule has 4 fully saturated rings. The number of nitrogens with one attached hydrogen (secondary N) is 1. The number of rotatable bonds is 6. The number of alkyl halides is 1. The highest BCUT2D eigenvalue weighted by atomic mass is 19.1. The van der Waals surface area contributed by atoms with Crippen LogP contribution in [0.25, 0.3) is 32.9 Å². The van der Waals surface area contributed by atoms with Crippen molar-refractivity contribution >= 4 is 27.5 Å². The summed E-state index contributed by atoms with van der Waals surface area (Å²) in [6.45, 7) is 3.15. The number of ether oxygens (including phenoxy) is 2. The van der Waals surface area contributed by atoms with Crippen molar-refractivity contribution < 1.29 is 18.3 Å². The Bertz CT molecular complexity index is 1670. The average molecular weight is 573 g/mol. The molecule has 0 spiro atoms. The minimum absolute atomic E-state index is 0.130. The predicted octanol–water partition coefficient (Wildman–Crippen LogP) is 4.89. The molecule has 42 heavy (non-hydrogen) atoms. The van der Waals surface area contributed by atoms with Crippen LogP contribution in [0.5, 0.6) is 11.8 Å². The molecule has 4 aromatic rings. The van der Waals surface area contributed by atoms with Gasteiger partial charge >= 0.3 is 6.01 Å². The van der Waals surface area contributed by atoms with Crippen LogP contribution in [0.1, 0.15) is 32.1 Å². The van der Waals surface area contributed by atoms with Gasteiger partial charge in [0.15, 0.2) is 5.82 Å². The van der Waals surface area contributed by atoms with Crippen LogP contribution in [-0.2, 0) is 0 Å². The fourth-order valence-electron chi connectivity index (χ4n) is 7.73. The molecule has 4 saturated heterocycles. The van der Waals surface area contributed by atoms with Crippen molar-refractivity contribution in [1.82, 2.24) is 25.2 Å². The third-order valence-electron chi connectivity index (χ3n) is 9.73. The summed E-state index contributed by atoms with van der Waals surface area (Å²) < 4.78 is 42.7. The van der Waals surface area contributed by atoms with Crippen molar-refractivity contribution in [3.05, 3.63) is 48.4 Å². The molecule has 8 nitrogen and oxygen atoms in total. The average Bonchev–Trinajstić information content (AvgIpc) is 3.65. The molecule has 4 atom stereocenters. The Morgan fingerprint density at radius 1 is 1.07 bits per heavy atom. The van der Waals surface area contributed by atoms with E-state index in [9.17, 15) is 4.39 Å². The molecule has 10 heteroatoms. The van der Waals surface area contributed by atoms with Crippen LogP contribution < -0.4 is 19.7 Å². The molecule has 6 heterocycles. The van der Waals surface area contributed by atoms with Gasteiger partial charge in [0.2, 0.25) is 0 Å².